The van der Waals surface area contributed by atoms with Crippen LogP contribution in [0.3, 0.4) is 0 Å². The number of allylic oxidation sites excluding steroid dienone is 8. The number of hydrogen-bond acceptors (Lipinski definition) is 0. The van der Waals surface area contributed by atoms with Crippen molar-refractivity contribution in [2.75, 3.05) is 0 Å². The molecule has 2 rings (SSSR count). The van der Waals surface area contributed by atoms with Gasteiger partial charge in [-0.05, 0) is 30.4 Å². The van der Waals surface area contributed by atoms with Gasteiger partial charge in [0, 0.05) is 0 Å². The highest BCUT2D eigenvalue weighted by Gasteiger charge is 2.54. The summed E-state index contributed by atoms with van der Waals surface area (Å²) in [4.78, 5) is 0. The lowest BCUT2D eigenvalue weighted by Gasteiger charge is -2.39. The van der Waals surface area contributed by atoms with Crippen LogP contribution in [0.25, 0.3) is 0 Å². The van der Waals surface area contributed by atoms with Gasteiger partial charge in [0.25, 0.3) is 0 Å². The maximum Gasteiger partial charge on any atom is 0.355 e. The van der Waals surface area contributed by atoms with Crippen LogP contribution in [0.1, 0.15) is 26.2 Å². The first-order valence-electron chi connectivity index (χ1n) is 5.83. The third-order valence-corrected chi connectivity index (χ3v) is 8.34. The maximum absolute atomic E-state index is 6.44. The monoisotopic (exact) mass is 304 g/mol. The third-order valence-electron chi connectivity index (χ3n) is 3.54. The van der Waals surface area contributed by atoms with Crippen LogP contribution >= 0.6 is 33.2 Å². The average molecular weight is 306 g/mol. The van der Waals surface area contributed by atoms with Crippen LogP contribution in [-0.4, -0.2) is 6.00 Å². The van der Waals surface area contributed by atoms with Crippen molar-refractivity contribution < 1.29 is 0 Å². The molecule has 92 valence electrons. The molecule has 0 amide bonds. The summed E-state index contributed by atoms with van der Waals surface area (Å²) in [7, 11) is 0. The first kappa shape index (κ1) is 13.5. The molecule has 2 aliphatic carbocycles. The Morgan fingerprint density at radius 3 is 1.76 bits per heavy atom. The number of hydrogen-bond donors (Lipinski definition) is 0. The van der Waals surface area contributed by atoms with Gasteiger partial charge in [0.15, 0.2) is 0 Å². The molecule has 17 heavy (non-hydrogen) atoms. The molecule has 2 aliphatic rings. The summed E-state index contributed by atoms with van der Waals surface area (Å²) in [5.74, 6) is 0. The van der Waals surface area contributed by atoms with Crippen LogP contribution in [0.4, 0.5) is 0 Å². The molecular formula is C13H15Cl3Si. The Morgan fingerprint density at radius 2 is 1.53 bits per heavy atom. The SMILES string of the molecule is CCC(C1=CCC=C1)(C1=CCC=C1)[Si](Cl)(Cl)Cl. The van der Waals surface area contributed by atoms with Crippen molar-refractivity contribution in [3.63, 3.8) is 0 Å². The summed E-state index contributed by atoms with van der Waals surface area (Å²) in [5, 5.41) is -0.377. The molecular weight excluding hydrogens is 291 g/mol. The van der Waals surface area contributed by atoms with E-state index in [1.807, 2.05) is 0 Å². The lowest BCUT2D eigenvalue weighted by molar-refractivity contribution is 0.731. The van der Waals surface area contributed by atoms with Gasteiger partial charge in [0.1, 0.15) is 0 Å². The number of halogens is 3. The standard InChI is InChI=1S/C13H15Cl3Si/c1-2-13(17(14,15)16,11-7-3-4-8-11)12-9-5-6-10-12/h3,5,7-10H,2,4,6H2,1H3. The van der Waals surface area contributed by atoms with E-state index in [4.69, 9.17) is 33.2 Å². The van der Waals surface area contributed by atoms with Crippen LogP contribution in [0.5, 0.6) is 0 Å². The molecule has 0 aromatic heterocycles. The minimum Gasteiger partial charge on any atom is -0.125 e. The summed E-state index contributed by atoms with van der Waals surface area (Å²) in [5.41, 5.74) is 2.37. The van der Waals surface area contributed by atoms with Gasteiger partial charge < -0.3 is 0 Å². The zero-order chi connectivity index (χ0) is 12.5. The topological polar surface area (TPSA) is 0 Å². The predicted molar refractivity (Wildman–Crippen MR) is 80.0 cm³/mol. The van der Waals surface area contributed by atoms with E-state index in [1.165, 1.54) is 11.1 Å². The Hall–Kier alpha value is 0.0469. The molecule has 0 saturated heterocycles. The molecule has 0 nitrogen and oxygen atoms in total. The summed E-state index contributed by atoms with van der Waals surface area (Å²) in [6, 6.07) is -2.89. The van der Waals surface area contributed by atoms with E-state index in [0.717, 1.165) is 19.3 Å². The molecule has 0 fully saturated rings. The molecule has 0 unspecified atom stereocenters. The molecule has 0 radical (unpaired) electrons. The van der Waals surface area contributed by atoms with Crippen LogP contribution in [-0.2, 0) is 0 Å². The molecule has 0 bridgehead atoms. The van der Waals surface area contributed by atoms with Gasteiger partial charge in [-0.3, -0.25) is 0 Å². The Labute approximate surface area is 118 Å². The van der Waals surface area contributed by atoms with Crippen molar-refractivity contribution in [2.24, 2.45) is 0 Å². The Kier molecular flexibility index (Phi) is 3.94. The zero-order valence-corrected chi connectivity index (χ0v) is 13.0. The van der Waals surface area contributed by atoms with Crippen molar-refractivity contribution in [1.29, 1.82) is 0 Å². The Morgan fingerprint density at radius 1 is 1.06 bits per heavy atom. The second-order valence-electron chi connectivity index (χ2n) is 4.35. The van der Waals surface area contributed by atoms with Crippen molar-refractivity contribution >= 4 is 39.2 Å². The molecule has 0 aromatic carbocycles. The summed E-state index contributed by atoms with van der Waals surface area (Å²) in [6.45, 7) is 2.11. The van der Waals surface area contributed by atoms with Crippen LogP contribution < -0.4 is 0 Å². The largest absolute Gasteiger partial charge is 0.355 e. The van der Waals surface area contributed by atoms with Gasteiger partial charge in [-0.25, -0.2) is 0 Å². The minimum absolute atomic E-state index is 0.377. The fourth-order valence-corrected chi connectivity index (χ4v) is 7.24. The third kappa shape index (κ3) is 2.19. The van der Waals surface area contributed by atoms with Crippen LogP contribution in [0.15, 0.2) is 47.6 Å². The van der Waals surface area contributed by atoms with Crippen molar-refractivity contribution in [1.82, 2.24) is 0 Å². The first-order valence-corrected chi connectivity index (χ1v) is 10.9. The van der Waals surface area contributed by atoms with Crippen LogP contribution in [0, 0.1) is 0 Å². The van der Waals surface area contributed by atoms with Crippen molar-refractivity contribution in [2.45, 2.75) is 31.2 Å². The fourth-order valence-electron chi connectivity index (χ4n) is 2.65. The van der Waals surface area contributed by atoms with Gasteiger partial charge in [0.2, 0.25) is 0 Å². The van der Waals surface area contributed by atoms with Gasteiger partial charge >= 0.3 is 6.00 Å². The van der Waals surface area contributed by atoms with E-state index >= 15 is 0 Å². The molecule has 0 N–H and O–H groups in total. The van der Waals surface area contributed by atoms with Gasteiger partial charge in [-0.15, -0.1) is 33.2 Å². The van der Waals surface area contributed by atoms with Crippen LogP contribution in [0.2, 0.25) is 5.04 Å². The molecule has 0 atom stereocenters. The van der Waals surface area contributed by atoms with Crippen molar-refractivity contribution in [3.8, 4) is 0 Å². The molecule has 0 aromatic rings. The van der Waals surface area contributed by atoms with E-state index in [0.29, 0.717) is 0 Å². The maximum atomic E-state index is 6.44. The normalized spacial score (nSPS) is 19.8. The average Bonchev–Trinajstić information content (AvgIpc) is 2.88. The minimum atomic E-state index is -2.89. The van der Waals surface area contributed by atoms with Gasteiger partial charge in [-0.1, -0.05) is 43.4 Å². The van der Waals surface area contributed by atoms with Gasteiger partial charge in [0.05, 0.1) is 5.04 Å². The van der Waals surface area contributed by atoms with Crippen molar-refractivity contribution in [3.05, 3.63) is 47.6 Å². The highest BCUT2D eigenvalue weighted by molar-refractivity contribution is 7.66. The second kappa shape index (κ2) is 4.97. The highest BCUT2D eigenvalue weighted by atomic mass is 35.8. The van der Waals surface area contributed by atoms with E-state index < -0.39 is 6.00 Å². The Bertz CT molecular complexity index is 394. The molecule has 0 heterocycles. The predicted octanol–water partition coefficient (Wildman–Crippen LogP) is 5.56. The van der Waals surface area contributed by atoms with E-state index in [1.54, 1.807) is 0 Å². The summed E-state index contributed by atoms with van der Waals surface area (Å²) < 4.78 is 0. The second-order valence-corrected chi connectivity index (χ2v) is 13.0. The quantitative estimate of drug-likeness (QED) is 0.471. The molecule has 0 spiro atoms. The van der Waals surface area contributed by atoms with Gasteiger partial charge in [-0.2, -0.15) is 0 Å². The fraction of sp³-hybridized carbons (Fsp3) is 0.385. The molecule has 4 heteroatoms. The number of rotatable bonds is 4. The summed E-state index contributed by atoms with van der Waals surface area (Å²) in [6.07, 6.45) is 15.6. The summed E-state index contributed by atoms with van der Waals surface area (Å²) >= 11 is 19.3. The molecule has 0 aliphatic heterocycles. The smallest absolute Gasteiger partial charge is 0.125 e. The zero-order valence-electron chi connectivity index (χ0n) is 9.72. The van der Waals surface area contributed by atoms with E-state index in [2.05, 4.69) is 43.4 Å². The highest BCUT2D eigenvalue weighted by Crippen LogP contribution is 2.61. The Balaban J connectivity index is 2.55. The van der Waals surface area contributed by atoms with E-state index in [9.17, 15) is 0 Å². The van der Waals surface area contributed by atoms with E-state index in [-0.39, 0.29) is 5.04 Å². The first-order chi connectivity index (χ1) is 8.02. The molecule has 0 saturated carbocycles. The lowest BCUT2D eigenvalue weighted by atomic mass is 9.88. The lowest BCUT2D eigenvalue weighted by Crippen LogP contribution is -2.35.